The first-order chi connectivity index (χ1) is 10.1. The Balaban J connectivity index is 2.17. The van der Waals surface area contributed by atoms with Crippen LogP contribution < -0.4 is 20.9 Å². The number of nitrogens with one attached hydrogen (secondary N) is 1. The van der Waals surface area contributed by atoms with Crippen LogP contribution in [0.5, 0.6) is 6.01 Å². The van der Waals surface area contributed by atoms with Gasteiger partial charge in [0.15, 0.2) is 0 Å². The molecule has 1 aliphatic carbocycles. The van der Waals surface area contributed by atoms with E-state index in [9.17, 15) is 0 Å². The summed E-state index contributed by atoms with van der Waals surface area (Å²) in [5.74, 6) is 7.11. The van der Waals surface area contributed by atoms with E-state index in [0.29, 0.717) is 36.5 Å². The van der Waals surface area contributed by atoms with E-state index in [4.69, 9.17) is 10.6 Å². The standard InChI is InChI=1S/C14H26N6O/c1-4-9-21-14-17-12(19-15)16-13(18-14)20(11-5-6-11)8-7-10(2)3/h10-11H,4-9,15H2,1-3H3,(H,16,17,18,19). The van der Waals surface area contributed by atoms with Gasteiger partial charge in [0.25, 0.3) is 0 Å². The summed E-state index contributed by atoms with van der Waals surface area (Å²) in [6, 6.07) is 0.876. The number of aromatic nitrogens is 3. The average molecular weight is 294 g/mol. The molecule has 1 fully saturated rings. The van der Waals surface area contributed by atoms with Crippen molar-refractivity contribution >= 4 is 11.9 Å². The summed E-state index contributed by atoms with van der Waals surface area (Å²) < 4.78 is 5.53. The predicted molar refractivity (Wildman–Crippen MR) is 83.2 cm³/mol. The van der Waals surface area contributed by atoms with Crippen LogP contribution >= 0.6 is 0 Å². The molecule has 118 valence electrons. The van der Waals surface area contributed by atoms with Crippen LogP contribution in [0.25, 0.3) is 0 Å². The van der Waals surface area contributed by atoms with Gasteiger partial charge in [0, 0.05) is 12.6 Å². The second kappa shape index (κ2) is 7.40. The summed E-state index contributed by atoms with van der Waals surface area (Å²) in [7, 11) is 0. The number of ether oxygens (including phenoxy) is 1. The lowest BCUT2D eigenvalue weighted by atomic mass is 10.1. The van der Waals surface area contributed by atoms with Crippen LogP contribution in [0.1, 0.15) is 46.5 Å². The van der Waals surface area contributed by atoms with Gasteiger partial charge in [-0.25, -0.2) is 5.84 Å². The van der Waals surface area contributed by atoms with Crippen LogP contribution in [0.2, 0.25) is 0 Å². The molecule has 1 saturated carbocycles. The fraction of sp³-hybridized carbons (Fsp3) is 0.786. The molecule has 0 atom stereocenters. The first-order valence-corrected chi connectivity index (χ1v) is 7.76. The number of hydrogen-bond acceptors (Lipinski definition) is 7. The summed E-state index contributed by atoms with van der Waals surface area (Å²) in [5.41, 5.74) is 2.49. The summed E-state index contributed by atoms with van der Waals surface area (Å²) in [6.07, 6.45) is 4.41. The maximum atomic E-state index is 5.53. The summed E-state index contributed by atoms with van der Waals surface area (Å²) in [5, 5.41) is 0. The van der Waals surface area contributed by atoms with Crippen LogP contribution in [-0.4, -0.2) is 34.1 Å². The Bertz CT molecular complexity index is 449. The summed E-state index contributed by atoms with van der Waals surface area (Å²) >= 11 is 0. The Labute approximate surface area is 126 Å². The Hall–Kier alpha value is -1.63. The molecule has 21 heavy (non-hydrogen) atoms. The molecule has 0 saturated heterocycles. The number of nitrogens with two attached hydrogens (primary N) is 1. The van der Waals surface area contributed by atoms with Crippen molar-refractivity contribution in [2.75, 3.05) is 23.5 Å². The Morgan fingerprint density at radius 1 is 1.33 bits per heavy atom. The SMILES string of the molecule is CCCOc1nc(NN)nc(N(CCC(C)C)C2CC2)n1. The van der Waals surface area contributed by atoms with E-state index in [1.54, 1.807) is 0 Å². The highest BCUT2D eigenvalue weighted by atomic mass is 16.5. The highest BCUT2D eigenvalue weighted by molar-refractivity contribution is 5.40. The van der Waals surface area contributed by atoms with Gasteiger partial charge in [-0.3, -0.25) is 5.43 Å². The van der Waals surface area contributed by atoms with Crippen molar-refractivity contribution in [1.29, 1.82) is 0 Å². The molecule has 0 radical (unpaired) electrons. The molecule has 7 nitrogen and oxygen atoms in total. The van der Waals surface area contributed by atoms with Gasteiger partial charge >= 0.3 is 6.01 Å². The van der Waals surface area contributed by atoms with Crippen molar-refractivity contribution in [2.45, 2.75) is 52.5 Å². The molecule has 1 heterocycles. The second-order valence-electron chi connectivity index (χ2n) is 5.84. The van der Waals surface area contributed by atoms with E-state index in [1.807, 2.05) is 6.92 Å². The maximum absolute atomic E-state index is 5.53. The molecule has 2 rings (SSSR count). The minimum Gasteiger partial charge on any atom is -0.463 e. The molecule has 1 aromatic heterocycles. The van der Waals surface area contributed by atoms with Crippen LogP contribution in [-0.2, 0) is 0 Å². The van der Waals surface area contributed by atoms with Gasteiger partial charge in [-0.2, -0.15) is 15.0 Å². The van der Waals surface area contributed by atoms with Crippen LogP contribution in [0, 0.1) is 5.92 Å². The van der Waals surface area contributed by atoms with Crippen molar-refractivity contribution in [2.24, 2.45) is 11.8 Å². The van der Waals surface area contributed by atoms with E-state index in [2.05, 4.69) is 39.1 Å². The molecule has 0 aliphatic heterocycles. The Morgan fingerprint density at radius 2 is 2.10 bits per heavy atom. The largest absolute Gasteiger partial charge is 0.463 e. The fourth-order valence-corrected chi connectivity index (χ4v) is 2.03. The van der Waals surface area contributed by atoms with E-state index in [-0.39, 0.29) is 0 Å². The number of anilines is 2. The normalized spacial score (nSPS) is 14.3. The Morgan fingerprint density at radius 3 is 2.67 bits per heavy atom. The smallest absolute Gasteiger partial charge is 0.323 e. The molecule has 7 heteroatoms. The zero-order valence-electron chi connectivity index (χ0n) is 13.2. The minimum atomic E-state index is 0.338. The zero-order valence-corrected chi connectivity index (χ0v) is 13.2. The third kappa shape index (κ3) is 4.70. The van der Waals surface area contributed by atoms with E-state index < -0.39 is 0 Å². The first-order valence-electron chi connectivity index (χ1n) is 7.76. The van der Waals surface area contributed by atoms with Crippen molar-refractivity contribution in [1.82, 2.24) is 15.0 Å². The number of nitrogens with zero attached hydrogens (tertiary/aromatic N) is 4. The van der Waals surface area contributed by atoms with Crippen molar-refractivity contribution in [3.05, 3.63) is 0 Å². The molecule has 1 aromatic rings. The lowest BCUT2D eigenvalue weighted by molar-refractivity contribution is 0.291. The molecule has 0 aromatic carbocycles. The topological polar surface area (TPSA) is 89.2 Å². The predicted octanol–water partition coefficient (Wildman–Crippen LogP) is 1.96. The number of rotatable bonds is 9. The monoisotopic (exact) mass is 294 g/mol. The molecular weight excluding hydrogens is 268 g/mol. The van der Waals surface area contributed by atoms with E-state index in [1.165, 1.54) is 12.8 Å². The third-order valence-electron chi connectivity index (χ3n) is 3.36. The van der Waals surface area contributed by atoms with Gasteiger partial charge in [-0.1, -0.05) is 20.8 Å². The molecule has 0 unspecified atom stereocenters. The van der Waals surface area contributed by atoms with Gasteiger partial charge in [-0.05, 0) is 31.6 Å². The molecule has 3 N–H and O–H groups in total. The highest BCUT2D eigenvalue weighted by Gasteiger charge is 2.31. The van der Waals surface area contributed by atoms with Crippen LogP contribution in [0.15, 0.2) is 0 Å². The molecule has 0 amide bonds. The third-order valence-corrected chi connectivity index (χ3v) is 3.36. The van der Waals surface area contributed by atoms with Gasteiger partial charge in [0.05, 0.1) is 6.61 Å². The first kappa shape index (κ1) is 15.8. The van der Waals surface area contributed by atoms with Crippen LogP contribution in [0.3, 0.4) is 0 Å². The van der Waals surface area contributed by atoms with Crippen molar-refractivity contribution < 1.29 is 4.74 Å². The average Bonchev–Trinajstić information content (AvgIpc) is 3.29. The van der Waals surface area contributed by atoms with Gasteiger partial charge in [0.1, 0.15) is 0 Å². The fourth-order valence-electron chi connectivity index (χ4n) is 2.03. The maximum Gasteiger partial charge on any atom is 0.323 e. The van der Waals surface area contributed by atoms with Gasteiger partial charge in [0.2, 0.25) is 11.9 Å². The summed E-state index contributed by atoms with van der Waals surface area (Å²) in [4.78, 5) is 15.2. The molecular formula is C14H26N6O. The zero-order chi connectivity index (χ0) is 15.2. The van der Waals surface area contributed by atoms with Gasteiger partial charge in [-0.15, -0.1) is 0 Å². The highest BCUT2D eigenvalue weighted by Crippen LogP contribution is 2.31. The van der Waals surface area contributed by atoms with Gasteiger partial charge < -0.3 is 9.64 Å². The van der Waals surface area contributed by atoms with Crippen molar-refractivity contribution in [3.63, 3.8) is 0 Å². The lowest BCUT2D eigenvalue weighted by Crippen LogP contribution is -2.30. The molecule has 1 aliphatic rings. The lowest BCUT2D eigenvalue weighted by Gasteiger charge is -2.23. The molecule has 0 bridgehead atoms. The number of hydrazine groups is 1. The quantitative estimate of drug-likeness (QED) is 0.531. The second-order valence-corrected chi connectivity index (χ2v) is 5.84. The van der Waals surface area contributed by atoms with E-state index >= 15 is 0 Å². The van der Waals surface area contributed by atoms with Crippen LogP contribution in [0.4, 0.5) is 11.9 Å². The van der Waals surface area contributed by atoms with Crippen molar-refractivity contribution in [3.8, 4) is 6.01 Å². The number of nitrogen functional groups attached to an aromatic ring is 1. The molecule has 0 spiro atoms. The summed E-state index contributed by atoms with van der Waals surface area (Å²) in [6.45, 7) is 8.03. The van der Waals surface area contributed by atoms with E-state index in [0.717, 1.165) is 19.4 Å². The minimum absolute atomic E-state index is 0.338. The number of hydrogen-bond donors (Lipinski definition) is 2. The Kier molecular flexibility index (Phi) is 5.55.